The quantitative estimate of drug-likeness (QED) is 0.696. The Kier molecular flexibility index (Phi) is 2.04. The zero-order valence-corrected chi connectivity index (χ0v) is 8.72. The Morgan fingerprint density at radius 3 is 2.94 bits per heavy atom. The van der Waals surface area contributed by atoms with Crippen LogP contribution in [0.5, 0.6) is 0 Å². The van der Waals surface area contributed by atoms with Crippen LogP contribution >= 0.6 is 0 Å². The molecule has 3 rings (SSSR count). The Hall–Kier alpha value is -2.43. The molecule has 0 aliphatic carbocycles. The number of nitrogens with two attached hydrogens (primary N) is 1. The van der Waals surface area contributed by atoms with Crippen molar-refractivity contribution in [1.29, 1.82) is 0 Å². The van der Waals surface area contributed by atoms with E-state index in [1.54, 1.807) is 18.2 Å². The minimum absolute atomic E-state index is 0.324. The highest BCUT2D eigenvalue weighted by molar-refractivity contribution is 5.90. The topological polar surface area (TPSA) is 64.9 Å². The molecule has 0 bridgehead atoms. The lowest BCUT2D eigenvalue weighted by molar-refractivity contribution is 0.451. The SMILES string of the molecule is Nc1cnc2onc(-c3cccc(F)c3)c2c1. The number of halogens is 1. The molecule has 5 heteroatoms. The molecule has 1 aromatic carbocycles. The van der Waals surface area contributed by atoms with Crippen molar-refractivity contribution in [2.45, 2.75) is 0 Å². The second kappa shape index (κ2) is 3.55. The fraction of sp³-hybridized carbons (Fsp3) is 0. The third-order valence-corrected chi connectivity index (χ3v) is 2.45. The van der Waals surface area contributed by atoms with Gasteiger partial charge < -0.3 is 10.3 Å². The molecule has 0 saturated heterocycles. The van der Waals surface area contributed by atoms with Crippen LogP contribution in [-0.4, -0.2) is 10.1 Å². The number of pyridine rings is 1. The molecule has 2 heterocycles. The van der Waals surface area contributed by atoms with Crippen LogP contribution in [0, 0.1) is 5.82 Å². The third-order valence-electron chi connectivity index (χ3n) is 2.45. The number of rotatable bonds is 1. The van der Waals surface area contributed by atoms with Gasteiger partial charge in [-0.25, -0.2) is 9.37 Å². The molecule has 3 aromatic rings. The first kappa shape index (κ1) is 9.77. The molecule has 0 saturated carbocycles. The van der Waals surface area contributed by atoms with Gasteiger partial charge in [-0.1, -0.05) is 17.3 Å². The first-order valence-corrected chi connectivity index (χ1v) is 5.01. The van der Waals surface area contributed by atoms with Crippen molar-refractivity contribution in [3.8, 4) is 11.3 Å². The molecular formula is C12H8FN3O. The summed E-state index contributed by atoms with van der Waals surface area (Å²) in [7, 11) is 0. The van der Waals surface area contributed by atoms with Crippen LogP contribution in [0.2, 0.25) is 0 Å². The van der Waals surface area contributed by atoms with Gasteiger partial charge in [0, 0.05) is 5.56 Å². The summed E-state index contributed by atoms with van der Waals surface area (Å²) in [5, 5.41) is 4.56. The van der Waals surface area contributed by atoms with Gasteiger partial charge >= 0.3 is 0 Å². The van der Waals surface area contributed by atoms with E-state index < -0.39 is 0 Å². The van der Waals surface area contributed by atoms with Crippen LogP contribution in [-0.2, 0) is 0 Å². The molecule has 0 fully saturated rings. The highest BCUT2D eigenvalue weighted by Gasteiger charge is 2.11. The van der Waals surface area contributed by atoms with Crippen molar-refractivity contribution in [3.63, 3.8) is 0 Å². The van der Waals surface area contributed by atoms with Gasteiger partial charge in [-0.05, 0) is 18.2 Å². The molecular weight excluding hydrogens is 221 g/mol. The maximum absolute atomic E-state index is 13.1. The zero-order chi connectivity index (χ0) is 11.8. The van der Waals surface area contributed by atoms with E-state index in [9.17, 15) is 4.39 Å². The summed E-state index contributed by atoms with van der Waals surface area (Å²) in [6.45, 7) is 0. The average molecular weight is 229 g/mol. The maximum Gasteiger partial charge on any atom is 0.258 e. The smallest absolute Gasteiger partial charge is 0.258 e. The predicted octanol–water partition coefficient (Wildman–Crippen LogP) is 2.61. The first-order chi connectivity index (χ1) is 8.24. The Balaban J connectivity index is 2.27. The van der Waals surface area contributed by atoms with Crippen molar-refractivity contribution >= 4 is 16.8 Å². The lowest BCUT2D eigenvalue weighted by Gasteiger charge is -1.97. The van der Waals surface area contributed by atoms with Crippen molar-refractivity contribution in [2.75, 3.05) is 5.73 Å². The molecule has 0 amide bonds. The molecule has 0 spiro atoms. The first-order valence-electron chi connectivity index (χ1n) is 5.01. The highest BCUT2D eigenvalue weighted by Crippen LogP contribution is 2.28. The van der Waals surface area contributed by atoms with Gasteiger partial charge in [0.2, 0.25) is 0 Å². The van der Waals surface area contributed by atoms with E-state index >= 15 is 0 Å². The van der Waals surface area contributed by atoms with Crippen molar-refractivity contribution in [3.05, 3.63) is 42.3 Å². The van der Waals surface area contributed by atoms with E-state index in [0.29, 0.717) is 28.0 Å². The van der Waals surface area contributed by atoms with E-state index in [-0.39, 0.29) is 5.82 Å². The number of benzene rings is 1. The van der Waals surface area contributed by atoms with E-state index in [4.69, 9.17) is 10.3 Å². The molecule has 2 aromatic heterocycles. The summed E-state index contributed by atoms with van der Waals surface area (Å²) >= 11 is 0. The average Bonchev–Trinajstić information content (AvgIpc) is 2.71. The monoisotopic (exact) mass is 229 g/mol. The van der Waals surface area contributed by atoms with E-state index in [2.05, 4.69) is 10.1 Å². The Labute approximate surface area is 95.9 Å². The van der Waals surface area contributed by atoms with Gasteiger partial charge in [0.25, 0.3) is 5.71 Å². The van der Waals surface area contributed by atoms with Crippen molar-refractivity contribution in [1.82, 2.24) is 10.1 Å². The van der Waals surface area contributed by atoms with Crippen LogP contribution in [0.25, 0.3) is 22.4 Å². The summed E-state index contributed by atoms with van der Waals surface area (Å²) in [6.07, 6.45) is 1.49. The van der Waals surface area contributed by atoms with Crippen molar-refractivity contribution in [2.24, 2.45) is 0 Å². The maximum atomic E-state index is 13.1. The predicted molar refractivity (Wildman–Crippen MR) is 61.6 cm³/mol. The van der Waals surface area contributed by atoms with Crippen LogP contribution < -0.4 is 5.73 Å². The number of aromatic nitrogens is 2. The molecule has 84 valence electrons. The largest absolute Gasteiger partial charge is 0.397 e. The Bertz CT molecular complexity index is 693. The second-order valence-corrected chi connectivity index (χ2v) is 3.66. The molecule has 4 nitrogen and oxygen atoms in total. The minimum Gasteiger partial charge on any atom is -0.397 e. The Morgan fingerprint density at radius 1 is 1.24 bits per heavy atom. The zero-order valence-electron chi connectivity index (χ0n) is 8.72. The van der Waals surface area contributed by atoms with Crippen LogP contribution in [0.3, 0.4) is 0 Å². The number of hydrogen-bond acceptors (Lipinski definition) is 4. The Morgan fingerprint density at radius 2 is 2.12 bits per heavy atom. The summed E-state index contributed by atoms with van der Waals surface area (Å²) in [4.78, 5) is 4.00. The van der Waals surface area contributed by atoms with Gasteiger partial charge in [0.15, 0.2) is 0 Å². The number of hydrogen-bond donors (Lipinski definition) is 1. The third kappa shape index (κ3) is 1.61. The summed E-state index contributed by atoms with van der Waals surface area (Å²) < 4.78 is 18.2. The van der Waals surface area contributed by atoms with Crippen LogP contribution in [0.4, 0.5) is 10.1 Å². The van der Waals surface area contributed by atoms with Gasteiger partial charge in [-0.15, -0.1) is 0 Å². The summed E-state index contributed by atoms with van der Waals surface area (Å²) in [5.41, 5.74) is 7.73. The lowest BCUT2D eigenvalue weighted by Crippen LogP contribution is -1.86. The minimum atomic E-state index is -0.324. The molecule has 0 aliphatic heterocycles. The van der Waals surface area contributed by atoms with Gasteiger partial charge in [-0.3, -0.25) is 0 Å². The summed E-state index contributed by atoms with van der Waals surface area (Å²) in [5.74, 6) is -0.324. The lowest BCUT2D eigenvalue weighted by atomic mass is 10.1. The van der Waals surface area contributed by atoms with E-state index in [0.717, 1.165) is 0 Å². The number of nitrogen functional groups attached to an aromatic ring is 1. The van der Waals surface area contributed by atoms with Gasteiger partial charge in [0.05, 0.1) is 17.3 Å². The number of fused-ring (bicyclic) bond motifs is 1. The summed E-state index contributed by atoms with van der Waals surface area (Å²) in [6, 6.07) is 7.84. The second-order valence-electron chi connectivity index (χ2n) is 3.66. The molecule has 17 heavy (non-hydrogen) atoms. The molecule has 2 N–H and O–H groups in total. The highest BCUT2D eigenvalue weighted by atomic mass is 19.1. The fourth-order valence-electron chi connectivity index (χ4n) is 1.69. The van der Waals surface area contributed by atoms with Gasteiger partial charge in [0.1, 0.15) is 11.5 Å². The van der Waals surface area contributed by atoms with Gasteiger partial charge in [-0.2, -0.15) is 0 Å². The molecule has 0 atom stereocenters. The molecule has 0 radical (unpaired) electrons. The molecule has 0 aliphatic rings. The standard InChI is InChI=1S/C12H8FN3O/c13-8-3-1-2-7(4-8)11-10-5-9(14)6-15-12(10)17-16-11/h1-6H,14H2. The van der Waals surface area contributed by atoms with E-state index in [1.165, 1.54) is 18.3 Å². The van der Waals surface area contributed by atoms with Crippen LogP contribution in [0.15, 0.2) is 41.1 Å². The number of nitrogens with zero attached hydrogens (tertiary/aromatic N) is 2. The van der Waals surface area contributed by atoms with Crippen molar-refractivity contribution < 1.29 is 8.91 Å². The fourth-order valence-corrected chi connectivity index (χ4v) is 1.69. The normalized spacial score (nSPS) is 10.9. The van der Waals surface area contributed by atoms with E-state index in [1.807, 2.05) is 0 Å². The number of anilines is 1. The van der Waals surface area contributed by atoms with Crippen LogP contribution in [0.1, 0.15) is 0 Å². The molecule has 0 unspecified atom stereocenters.